The lowest BCUT2D eigenvalue weighted by Crippen LogP contribution is -2.41. The van der Waals surface area contributed by atoms with Gasteiger partial charge in [-0.3, -0.25) is 0 Å². The van der Waals surface area contributed by atoms with Gasteiger partial charge in [-0.2, -0.15) is 0 Å². The zero-order valence-corrected chi connectivity index (χ0v) is 19.5. The second kappa shape index (κ2) is 9.21. The van der Waals surface area contributed by atoms with Gasteiger partial charge in [0.05, 0.1) is 31.0 Å². The Morgan fingerprint density at radius 3 is 2.24 bits per heavy atom. The molecule has 2 saturated heterocycles. The Bertz CT molecular complexity index is 1070. The fraction of sp³-hybridized carbons (Fsp3) is 0.407. The summed E-state index contributed by atoms with van der Waals surface area (Å²) in [6.07, 6.45) is 1.83. The van der Waals surface area contributed by atoms with Crippen molar-refractivity contribution in [1.29, 1.82) is 0 Å². The number of rotatable bonds is 6. The van der Waals surface area contributed by atoms with Crippen LogP contribution in [0, 0.1) is 0 Å². The molecular formula is C27H32N4O2. The van der Waals surface area contributed by atoms with E-state index < -0.39 is 0 Å². The molecule has 4 atom stereocenters. The van der Waals surface area contributed by atoms with Gasteiger partial charge in [0.25, 0.3) is 0 Å². The molecule has 172 valence electrons. The summed E-state index contributed by atoms with van der Waals surface area (Å²) < 4.78 is 12.3. The Morgan fingerprint density at radius 1 is 0.848 bits per heavy atom. The minimum absolute atomic E-state index is 0.00940. The van der Waals surface area contributed by atoms with Crippen LogP contribution in [-0.2, 0) is 21.4 Å². The summed E-state index contributed by atoms with van der Waals surface area (Å²) in [6, 6.07) is 21.3. The molecule has 0 spiro atoms. The molecule has 0 bridgehead atoms. The lowest BCUT2D eigenvalue weighted by atomic mass is 9.92. The minimum atomic E-state index is -0.0216. The number of nitrogens with one attached hydrogen (secondary N) is 2. The highest BCUT2D eigenvalue weighted by Crippen LogP contribution is 2.29. The molecule has 33 heavy (non-hydrogen) atoms. The topological polar surface area (TPSA) is 68.3 Å². The molecule has 3 aromatic rings. The van der Waals surface area contributed by atoms with E-state index in [1.807, 2.05) is 18.3 Å². The molecule has 1 aromatic heterocycles. The molecule has 2 N–H and O–H groups in total. The van der Waals surface area contributed by atoms with Crippen LogP contribution in [0.1, 0.15) is 32.0 Å². The lowest BCUT2D eigenvalue weighted by Gasteiger charge is -2.21. The summed E-state index contributed by atoms with van der Waals surface area (Å²) in [5, 5.41) is 7.07. The van der Waals surface area contributed by atoms with Crippen LogP contribution in [0.4, 0.5) is 5.95 Å². The fourth-order valence-corrected chi connectivity index (χ4v) is 4.50. The molecule has 2 fully saturated rings. The van der Waals surface area contributed by atoms with E-state index in [0.29, 0.717) is 19.2 Å². The smallest absolute Gasteiger partial charge is 0.223 e. The Labute approximate surface area is 195 Å². The molecule has 5 rings (SSSR count). The van der Waals surface area contributed by atoms with Crippen molar-refractivity contribution >= 4 is 5.95 Å². The predicted octanol–water partition coefficient (Wildman–Crippen LogP) is 4.18. The largest absolute Gasteiger partial charge is 0.371 e. The standard InChI is InChI=1S/C27H32N4O2/c1-27(2,3)23-13-14-28-26(31-23)30-22-17-33-24-21(16-32-25(22)24)29-15-18-9-11-20(12-10-18)19-7-5-4-6-8-19/h4-14,21-22,24-25,29H,15-17H2,1-3H3,(H,28,30,31). The van der Waals surface area contributed by atoms with E-state index in [1.165, 1.54) is 16.7 Å². The minimum Gasteiger partial charge on any atom is -0.371 e. The number of hydrogen-bond acceptors (Lipinski definition) is 6. The molecule has 3 heterocycles. The first-order valence-electron chi connectivity index (χ1n) is 11.7. The average Bonchev–Trinajstić information content (AvgIpc) is 3.41. The van der Waals surface area contributed by atoms with E-state index in [1.54, 1.807) is 0 Å². The molecule has 0 saturated carbocycles. The first kappa shape index (κ1) is 22.0. The number of ether oxygens (including phenoxy) is 2. The van der Waals surface area contributed by atoms with E-state index >= 15 is 0 Å². The van der Waals surface area contributed by atoms with Gasteiger partial charge in [0.15, 0.2) is 0 Å². The van der Waals surface area contributed by atoms with Crippen molar-refractivity contribution in [2.24, 2.45) is 0 Å². The Balaban J connectivity index is 1.17. The van der Waals surface area contributed by atoms with Crippen molar-refractivity contribution in [3.05, 3.63) is 78.1 Å². The Hall–Kier alpha value is -2.80. The lowest BCUT2D eigenvalue weighted by molar-refractivity contribution is 0.0675. The molecule has 4 unspecified atom stereocenters. The molecule has 2 aliphatic rings. The Morgan fingerprint density at radius 2 is 1.52 bits per heavy atom. The second-order valence-corrected chi connectivity index (χ2v) is 9.91. The number of nitrogens with zero attached hydrogens (tertiary/aromatic N) is 2. The molecular weight excluding hydrogens is 412 g/mol. The summed E-state index contributed by atoms with van der Waals surface area (Å²) in [7, 11) is 0. The van der Waals surface area contributed by atoms with Gasteiger partial charge >= 0.3 is 0 Å². The highest BCUT2D eigenvalue weighted by molar-refractivity contribution is 5.63. The van der Waals surface area contributed by atoms with Crippen molar-refractivity contribution in [3.8, 4) is 11.1 Å². The zero-order valence-electron chi connectivity index (χ0n) is 19.5. The maximum absolute atomic E-state index is 6.13. The zero-order chi connectivity index (χ0) is 22.8. The van der Waals surface area contributed by atoms with Crippen LogP contribution in [0.2, 0.25) is 0 Å². The fourth-order valence-electron chi connectivity index (χ4n) is 4.50. The first-order chi connectivity index (χ1) is 16.0. The second-order valence-electron chi connectivity index (χ2n) is 9.91. The summed E-state index contributed by atoms with van der Waals surface area (Å²) in [5.41, 5.74) is 4.71. The van der Waals surface area contributed by atoms with Gasteiger partial charge in [-0.25, -0.2) is 9.97 Å². The van der Waals surface area contributed by atoms with Crippen molar-refractivity contribution in [2.75, 3.05) is 18.5 Å². The molecule has 0 aliphatic carbocycles. The van der Waals surface area contributed by atoms with Crippen LogP contribution in [0.3, 0.4) is 0 Å². The van der Waals surface area contributed by atoms with E-state index in [2.05, 4.69) is 84.9 Å². The molecule has 6 heteroatoms. The van der Waals surface area contributed by atoms with Crippen molar-refractivity contribution in [1.82, 2.24) is 15.3 Å². The third kappa shape index (κ3) is 4.93. The molecule has 0 amide bonds. The van der Waals surface area contributed by atoms with Gasteiger partial charge in [-0.1, -0.05) is 75.4 Å². The third-order valence-corrected chi connectivity index (χ3v) is 6.42. The third-order valence-electron chi connectivity index (χ3n) is 6.42. The summed E-state index contributed by atoms with van der Waals surface area (Å²) in [4.78, 5) is 9.10. The van der Waals surface area contributed by atoms with Gasteiger partial charge in [0.2, 0.25) is 5.95 Å². The Kier molecular flexibility index (Phi) is 6.15. The monoisotopic (exact) mass is 444 g/mol. The summed E-state index contributed by atoms with van der Waals surface area (Å²) in [6.45, 7) is 8.46. The highest BCUT2D eigenvalue weighted by Gasteiger charge is 2.47. The van der Waals surface area contributed by atoms with Crippen molar-refractivity contribution in [2.45, 2.75) is 57.0 Å². The van der Waals surface area contributed by atoms with Gasteiger partial charge in [-0.05, 0) is 22.8 Å². The summed E-state index contributed by atoms with van der Waals surface area (Å²) >= 11 is 0. The molecule has 0 radical (unpaired) electrons. The molecule has 6 nitrogen and oxygen atoms in total. The average molecular weight is 445 g/mol. The van der Waals surface area contributed by atoms with Crippen molar-refractivity contribution < 1.29 is 9.47 Å². The van der Waals surface area contributed by atoms with E-state index in [-0.39, 0.29) is 29.7 Å². The SMILES string of the molecule is CC(C)(C)c1ccnc(NC2COC3C(NCc4ccc(-c5ccccc5)cc4)COC23)n1. The van der Waals surface area contributed by atoms with Crippen LogP contribution in [0.15, 0.2) is 66.9 Å². The normalized spacial score (nSPS) is 24.6. The van der Waals surface area contributed by atoms with Crippen LogP contribution >= 0.6 is 0 Å². The van der Waals surface area contributed by atoms with E-state index in [4.69, 9.17) is 14.5 Å². The predicted molar refractivity (Wildman–Crippen MR) is 130 cm³/mol. The van der Waals surface area contributed by atoms with E-state index in [9.17, 15) is 0 Å². The summed E-state index contributed by atoms with van der Waals surface area (Å²) in [5.74, 6) is 0.634. The highest BCUT2D eigenvalue weighted by atomic mass is 16.6. The van der Waals surface area contributed by atoms with Crippen molar-refractivity contribution in [3.63, 3.8) is 0 Å². The van der Waals surface area contributed by atoms with Crippen LogP contribution in [-0.4, -0.2) is 47.5 Å². The molecule has 2 aliphatic heterocycles. The number of anilines is 1. The molecule has 2 aromatic carbocycles. The quantitative estimate of drug-likeness (QED) is 0.595. The number of aromatic nitrogens is 2. The van der Waals surface area contributed by atoms with Gasteiger partial charge in [0.1, 0.15) is 12.2 Å². The first-order valence-corrected chi connectivity index (χ1v) is 11.7. The number of benzene rings is 2. The maximum atomic E-state index is 6.13. The maximum Gasteiger partial charge on any atom is 0.223 e. The van der Waals surface area contributed by atoms with Crippen LogP contribution < -0.4 is 10.6 Å². The van der Waals surface area contributed by atoms with Gasteiger partial charge in [0, 0.05) is 18.2 Å². The van der Waals surface area contributed by atoms with Crippen LogP contribution in [0.5, 0.6) is 0 Å². The van der Waals surface area contributed by atoms with Crippen LogP contribution in [0.25, 0.3) is 11.1 Å². The van der Waals surface area contributed by atoms with Gasteiger partial charge in [-0.15, -0.1) is 0 Å². The number of hydrogen-bond donors (Lipinski definition) is 2. The number of fused-ring (bicyclic) bond motifs is 1. The van der Waals surface area contributed by atoms with E-state index in [0.717, 1.165) is 12.2 Å². The van der Waals surface area contributed by atoms with Gasteiger partial charge < -0.3 is 20.1 Å².